The molecular weight excluding hydrogens is 432 g/mol. The maximum atomic E-state index is 12.5. The number of carboxylic acids is 1. The number of benzene rings is 1. The molecular formula is C19H19ClN4O3S2. The first-order valence-electron chi connectivity index (χ1n) is 8.66. The number of hydrogen-bond acceptors (Lipinski definition) is 6. The Balaban J connectivity index is 1.71. The molecule has 2 heterocycles. The highest BCUT2D eigenvalue weighted by molar-refractivity contribution is 7.99. The Kier molecular flexibility index (Phi) is 6.94. The molecule has 1 aromatic carbocycles. The van der Waals surface area contributed by atoms with Crippen LogP contribution in [0.1, 0.15) is 10.4 Å². The zero-order chi connectivity index (χ0) is 21.0. The Hall–Kier alpha value is -2.36. The van der Waals surface area contributed by atoms with Crippen molar-refractivity contribution in [2.75, 3.05) is 12.8 Å². The van der Waals surface area contributed by atoms with Gasteiger partial charge in [0.15, 0.2) is 11.0 Å². The number of aromatic nitrogens is 3. The van der Waals surface area contributed by atoms with Crippen LogP contribution in [0.25, 0.3) is 11.4 Å². The number of carbonyl (C=O) groups is 2. The van der Waals surface area contributed by atoms with Gasteiger partial charge in [0, 0.05) is 17.5 Å². The van der Waals surface area contributed by atoms with Gasteiger partial charge in [-0.3, -0.25) is 14.2 Å². The second kappa shape index (κ2) is 9.43. The normalized spacial score (nSPS) is 10.9. The molecule has 7 nitrogen and oxygen atoms in total. The summed E-state index contributed by atoms with van der Waals surface area (Å²) in [7, 11) is 1.72. The summed E-state index contributed by atoms with van der Waals surface area (Å²) in [5.74, 6) is -0.510. The molecule has 1 N–H and O–H groups in total. The number of nitrogens with zero attached hydrogens (tertiary/aromatic N) is 4. The maximum absolute atomic E-state index is 12.5. The molecule has 0 aliphatic heterocycles. The molecule has 0 spiro atoms. The third kappa shape index (κ3) is 5.59. The third-order valence-corrected chi connectivity index (χ3v) is 6.26. The number of carboxylic acid groups (broad SMARTS) is 1. The van der Waals surface area contributed by atoms with Gasteiger partial charge in [0.1, 0.15) is 6.54 Å². The van der Waals surface area contributed by atoms with Gasteiger partial charge in [-0.25, -0.2) is 0 Å². The lowest BCUT2D eigenvalue weighted by atomic mass is 10.1. The number of aryl methyl sites for hydroxylation is 1. The second-order valence-corrected chi connectivity index (χ2v) is 9.14. The Labute approximate surface area is 181 Å². The molecule has 0 fully saturated rings. The minimum absolute atomic E-state index is 0.0960. The average Bonchev–Trinajstić information content (AvgIpc) is 3.26. The van der Waals surface area contributed by atoms with Crippen LogP contribution in [0.2, 0.25) is 4.34 Å². The Bertz CT molecular complexity index is 1020. The van der Waals surface area contributed by atoms with E-state index in [0.717, 1.165) is 16.0 Å². The molecule has 29 heavy (non-hydrogen) atoms. The first kappa shape index (κ1) is 21.4. The second-order valence-electron chi connectivity index (χ2n) is 6.40. The smallest absolute Gasteiger partial charge is 0.323 e. The highest BCUT2D eigenvalue weighted by Gasteiger charge is 2.19. The van der Waals surface area contributed by atoms with E-state index in [2.05, 4.69) is 10.2 Å². The number of thioether (sulfide) groups is 1. The summed E-state index contributed by atoms with van der Waals surface area (Å²) in [5, 5.41) is 17.9. The van der Waals surface area contributed by atoms with Crippen molar-refractivity contribution < 1.29 is 14.7 Å². The monoisotopic (exact) mass is 450 g/mol. The molecule has 3 aromatic rings. The Morgan fingerprint density at radius 1 is 1.21 bits per heavy atom. The maximum Gasteiger partial charge on any atom is 0.323 e. The van der Waals surface area contributed by atoms with Gasteiger partial charge in [-0.1, -0.05) is 53.2 Å². The van der Waals surface area contributed by atoms with E-state index in [0.29, 0.717) is 21.9 Å². The molecule has 0 unspecified atom stereocenters. The summed E-state index contributed by atoms with van der Waals surface area (Å²) >= 11 is 8.53. The van der Waals surface area contributed by atoms with E-state index in [-0.39, 0.29) is 18.2 Å². The van der Waals surface area contributed by atoms with Crippen LogP contribution in [0, 0.1) is 6.92 Å². The topological polar surface area (TPSA) is 88.3 Å². The first-order valence-corrected chi connectivity index (χ1v) is 10.8. The molecule has 0 aliphatic carbocycles. The van der Waals surface area contributed by atoms with Crippen molar-refractivity contribution >= 4 is 46.6 Å². The zero-order valence-electron chi connectivity index (χ0n) is 15.8. The molecule has 0 saturated carbocycles. The van der Waals surface area contributed by atoms with E-state index in [1.165, 1.54) is 27.7 Å². The van der Waals surface area contributed by atoms with Crippen molar-refractivity contribution in [3.63, 3.8) is 0 Å². The standard InChI is InChI=1S/C19H19ClN4O3S2/c1-12-3-5-13(6-4-12)18-21-22-19(24(18)10-17(26)27)28-11-16(25)23(2)9-14-7-8-15(20)29-14/h3-8H,9-11H2,1-2H3,(H,26,27). The minimum Gasteiger partial charge on any atom is -0.480 e. The number of aliphatic carboxylic acids is 1. The molecule has 0 saturated heterocycles. The average molecular weight is 451 g/mol. The number of carbonyl (C=O) groups excluding carboxylic acids is 1. The van der Waals surface area contributed by atoms with Gasteiger partial charge < -0.3 is 10.0 Å². The van der Waals surface area contributed by atoms with E-state index in [9.17, 15) is 14.7 Å². The minimum atomic E-state index is -1.00. The molecule has 3 rings (SSSR count). The van der Waals surface area contributed by atoms with Gasteiger partial charge in [0.05, 0.1) is 16.6 Å². The quantitative estimate of drug-likeness (QED) is 0.525. The number of thiophene rings is 1. The number of halogens is 1. The SMILES string of the molecule is Cc1ccc(-c2nnc(SCC(=O)N(C)Cc3ccc(Cl)s3)n2CC(=O)O)cc1. The summed E-state index contributed by atoms with van der Waals surface area (Å²) in [6.45, 7) is 2.16. The summed E-state index contributed by atoms with van der Waals surface area (Å²) in [6.07, 6.45) is 0. The third-order valence-electron chi connectivity index (χ3n) is 4.09. The largest absolute Gasteiger partial charge is 0.480 e. The van der Waals surface area contributed by atoms with Crippen LogP contribution in [0.3, 0.4) is 0 Å². The van der Waals surface area contributed by atoms with Crippen molar-refractivity contribution in [2.45, 2.75) is 25.2 Å². The fourth-order valence-electron chi connectivity index (χ4n) is 2.58. The van der Waals surface area contributed by atoms with Crippen molar-refractivity contribution in [1.29, 1.82) is 0 Å². The van der Waals surface area contributed by atoms with Crippen LogP contribution < -0.4 is 0 Å². The molecule has 0 bridgehead atoms. The van der Waals surface area contributed by atoms with Crippen LogP contribution in [-0.2, 0) is 22.7 Å². The van der Waals surface area contributed by atoms with Crippen molar-refractivity contribution in [3.05, 3.63) is 51.2 Å². The van der Waals surface area contributed by atoms with Crippen LogP contribution >= 0.6 is 34.7 Å². The number of amides is 1. The summed E-state index contributed by atoms with van der Waals surface area (Å²) in [6, 6.07) is 11.3. The lowest BCUT2D eigenvalue weighted by Gasteiger charge is -2.16. The molecule has 10 heteroatoms. The number of rotatable bonds is 8. The van der Waals surface area contributed by atoms with E-state index in [1.54, 1.807) is 18.0 Å². The van der Waals surface area contributed by atoms with E-state index >= 15 is 0 Å². The van der Waals surface area contributed by atoms with E-state index in [1.807, 2.05) is 37.3 Å². The van der Waals surface area contributed by atoms with Gasteiger partial charge in [-0.05, 0) is 19.1 Å². The van der Waals surface area contributed by atoms with Crippen molar-refractivity contribution in [2.24, 2.45) is 0 Å². The molecule has 0 aliphatic rings. The summed E-state index contributed by atoms with van der Waals surface area (Å²) in [5.41, 5.74) is 1.86. The van der Waals surface area contributed by atoms with E-state index < -0.39 is 5.97 Å². The van der Waals surface area contributed by atoms with Gasteiger partial charge in [-0.15, -0.1) is 21.5 Å². The molecule has 152 valence electrons. The molecule has 1 amide bonds. The van der Waals surface area contributed by atoms with Gasteiger partial charge >= 0.3 is 5.97 Å². The lowest BCUT2D eigenvalue weighted by Crippen LogP contribution is -2.27. The molecule has 0 atom stereocenters. The number of hydrogen-bond donors (Lipinski definition) is 1. The molecule has 0 radical (unpaired) electrons. The Morgan fingerprint density at radius 2 is 1.93 bits per heavy atom. The van der Waals surface area contributed by atoms with E-state index in [4.69, 9.17) is 11.6 Å². The van der Waals surface area contributed by atoms with Crippen LogP contribution in [0.4, 0.5) is 0 Å². The van der Waals surface area contributed by atoms with Gasteiger partial charge in [0.25, 0.3) is 0 Å². The predicted molar refractivity (Wildman–Crippen MR) is 114 cm³/mol. The van der Waals surface area contributed by atoms with Crippen LogP contribution in [0.5, 0.6) is 0 Å². The lowest BCUT2D eigenvalue weighted by molar-refractivity contribution is -0.137. The summed E-state index contributed by atoms with van der Waals surface area (Å²) in [4.78, 5) is 26.4. The van der Waals surface area contributed by atoms with Crippen LogP contribution in [-0.4, -0.2) is 49.4 Å². The highest BCUT2D eigenvalue weighted by Crippen LogP contribution is 2.25. The fourth-order valence-corrected chi connectivity index (χ4v) is 4.60. The van der Waals surface area contributed by atoms with Crippen LogP contribution in [0.15, 0.2) is 41.6 Å². The molecule has 2 aromatic heterocycles. The first-order chi connectivity index (χ1) is 13.8. The Morgan fingerprint density at radius 3 is 2.55 bits per heavy atom. The fraction of sp³-hybridized carbons (Fsp3) is 0.263. The summed E-state index contributed by atoms with van der Waals surface area (Å²) < 4.78 is 2.20. The predicted octanol–water partition coefficient (Wildman–Crippen LogP) is 3.80. The zero-order valence-corrected chi connectivity index (χ0v) is 18.2. The van der Waals surface area contributed by atoms with Gasteiger partial charge in [0.2, 0.25) is 5.91 Å². The van der Waals surface area contributed by atoms with Crippen molar-refractivity contribution in [1.82, 2.24) is 19.7 Å². The highest BCUT2D eigenvalue weighted by atomic mass is 35.5. The van der Waals surface area contributed by atoms with Crippen molar-refractivity contribution in [3.8, 4) is 11.4 Å². The van der Waals surface area contributed by atoms with Gasteiger partial charge in [-0.2, -0.15) is 0 Å².